The van der Waals surface area contributed by atoms with Gasteiger partial charge in [0.25, 0.3) is 0 Å². The van der Waals surface area contributed by atoms with Crippen LogP contribution in [0.15, 0.2) is 188 Å². The molecule has 0 spiro atoms. The van der Waals surface area contributed by atoms with Gasteiger partial charge in [-0.15, -0.1) is 0 Å². The zero-order chi connectivity index (χ0) is 33.7. The molecule has 0 amide bonds. The first-order chi connectivity index (χ1) is 24.6. The molecule has 0 aliphatic heterocycles. The predicted molar refractivity (Wildman–Crippen MR) is 213 cm³/mol. The number of fused-ring (bicyclic) bond motifs is 4. The summed E-state index contributed by atoms with van der Waals surface area (Å²) in [6.07, 6.45) is 0. The van der Waals surface area contributed by atoms with Crippen LogP contribution in [-0.4, -0.2) is 0 Å². The monoisotopic (exact) mass is 639 g/mol. The van der Waals surface area contributed by atoms with Crippen molar-refractivity contribution in [2.45, 2.75) is 19.3 Å². The molecule has 8 aromatic carbocycles. The highest BCUT2D eigenvalue weighted by atomic mass is 15.1. The average molecular weight is 640 g/mol. The maximum Gasteiger partial charge on any atom is 0.0468 e. The normalized spacial score (nSPS) is 12.8. The molecule has 9 rings (SSSR count). The van der Waals surface area contributed by atoms with Crippen molar-refractivity contribution in [3.63, 3.8) is 0 Å². The maximum absolute atomic E-state index is 2.42. The summed E-state index contributed by atoms with van der Waals surface area (Å²) < 4.78 is 0. The third-order valence-electron chi connectivity index (χ3n) is 10.5. The lowest BCUT2D eigenvalue weighted by Gasteiger charge is -2.29. The number of benzene rings is 8. The molecule has 0 unspecified atom stereocenters. The SMILES string of the molecule is CC1(C)c2ccccc2-c2ccc(N(c3ccc(-c4ccccc4)cc3)c3ccc(-c4cccc5ccccc45)c(-c4ccccc4)c3)cc21. The number of nitrogens with zero attached hydrogens (tertiary/aromatic N) is 1. The molecule has 0 bridgehead atoms. The molecule has 1 heteroatoms. The summed E-state index contributed by atoms with van der Waals surface area (Å²) in [5.41, 5.74) is 16.0. The summed E-state index contributed by atoms with van der Waals surface area (Å²) in [7, 11) is 0. The van der Waals surface area contributed by atoms with E-state index in [0.717, 1.165) is 17.1 Å². The molecule has 0 heterocycles. The van der Waals surface area contributed by atoms with E-state index in [2.05, 4.69) is 207 Å². The summed E-state index contributed by atoms with van der Waals surface area (Å²) >= 11 is 0. The first kappa shape index (κ1) is 29.9. The van der Waals surface area contributed by atoms with Crippen LogP contribution in [0.25, 0.3) is 55.3 Å². The molecule has 1 nitrogen and oxygen atoms in total. The molecular formula is C49H37N. The van der Waals surface area contributed by atoms with E-state index in [1.165, 1.54) is 66.4 Å². The van der Waals surface area contributed by atoms with Crippen molar-refractivity contribution >= 4 is 27.8 Å². The molecule has 1 aliphatic carbocycles. The van der Waals surface area contributed by atoms with E-state index in [1.54, 1.807) is 0 Å². The van der Waals surface area contributed by atoms with Crippen LogP contribution < -0.4 is 4.90 Å². The van der Waals surface area contributed by atoms with Crippen LogP contribution in [0.2, 0.25) is 0 Å². The first-order valence-corrected chi connectivity index (χ1v) is 17.4. The van der Waals surface area contributed by atoms with Crippen LogP contribution in [0.1, 0.15) is 25.0 Å². The van der Waals surface area contributed by atoms with Crippen LogP contribution in [0.3, 0.4) is 0 Å². The standard InChI is InChI=1S/C49H37N/c1-49(2)47-23-12-11-21-44(47)45-31-29-40(33-48(45)49)50(38-26-24-35(25-27-38)34-14-5-3-6-15-34)39-28-30-43(46(32-39)37-16-7-4-8-17-37)42-22-13-19-36-18-9-10-20-41(36)42/h3-33H,1-2H3. The highest BCUT2D eigenvalue weighted by Gasteiger charge is 2.35. The van der Waals surface area contributed by atoms with Gasteiger partial charge in [0.2, 0.25) is 0 Å². The number of hydrogen-bond donors (Lipinski definition) is 0. The van der Waals surface area contributed by atoms with E-state index >= 15 is 0 Å². The van der Waals surface area contributed by atoms with Gasteiger partial charge in [0.05, 0.1) is 0 Å². The van der Waals surface area contributed by atoms with Crippen molar-refractivity contribution in [2.24, 2.45) is 0 Å². The Morgan fingerprint density at radius 1 is 0.340 bits per heavy atom. The average Bonchev–Trinajstić information content (AvgIpc) is 3.41. The maximum atomic E-state index is 2.42. The van der Waals surface area contributed by atoms with Crippen molar-refractivity contribution in [1.82, 2.24) is 0 Å². The Morgan fingerprint density at radius 3 is 1.66 bits per heavy atom. The van der Waals surface area contributed by atoms with Gasteiger partial charge < -0.3 is 4.90 Å². The highest BCUT2D eigenvalue weighted by Crippen LogP contribution is 2.51. The molecule has 0 saturated heterocycles. The lowest BCUT2D eigenvalue weighted by Crippen LogP contribution is -2.16. The third kappa shape index (κ3) is 5.02. The van der Waals surface area contributed by atoms with Crippen LogP contribution in [0.4, 0.5) is 17.1 Å². The minimum atomic E-state index is -0.0990. The zero-order valence-corrected chi connectivity index (χ0v) is 28.3. The second kappa shape index (κ2) is 12.1. The Bertz CT molecular complexity index is 2490. The number of rotatable bonds is 6. The topological polar surface area (TPSA) is 3.24 Å². The number of anilines is 3. The van der Waals surface area contributed by atoms with Gasteiger partial charge in [-0.05, 0) is 103 Å². The molecular weight excluding hydrogens is 603 g/mol. The highest BCUT2D eigenvalue weighted by molar-refractivity contribution is 6.01. The van der Waals surface area contributed by atoms with Crippen molar-refractivity contribution in [3.05, 3.63) is 199 Å². The van der Waals surface area contributed by atoms with E-state index in [0.29, 0.717) is 0 Å². The van der Waals surface area contributed by atoms with Crippen molar-refractivity contribution in [3.8, 4) is 44.5 Å². The summed E-state index contributed by atoms with van der Waals surface area (Å²) in [5, 5.41) is 2.50. The smallest absolute Gasteiger partial charge is 0.0468 e. The third-order valence-corrected chi connectivity index (χ3v) is 10.5. The first-order valence-electron chi connectivity index (χ1n) is 17.4. The van der Waals surface area contributed by atoms with E-state index in [-0.39, 0.29) is 5.41 Å². The molecule has 0 fully saturated rings. The van der Waals surface area contributed by atoms with Gasteiger partial charge in [-0.1, -0.05) is 166 Å². The Morgan fingerprint density at radius 2 is 0.880 bits per heavy atom. The van der Waals surface area contributed by atoms with Crippen molar-refractivity contribution in [1.29, 1.82) is 0 Å². The molecule has 8 aromatic rings. The zero-order valence-electron chi connectivity index (χ0n) is 28.3. The predicted octanol–water partition coefficient (Wildman–Crippen LogP) is 13.6. The van der Waals surface area contributed by atoms with Crippen LogP contribution in [-0.2, 0) is 5.41 Å². The fourth-order valence-corrected chi connectivity index (χ4v) is 7.94. The van der Waals surface area contributed by atoms with Crippen molar-refractivity contribution < 1.29 is 0 Å². The van der Waals surface area contributed by atoms with Crippen LogP contribution in [0, 0.1) is 0 Å². The van der Waals surface area contributed by atoms with Crippen LogP contribution >= 0.6 is 0 Å². The minimum absolute atomic E-state index is 0.0990. The minimum Gasteiger partial charge on any atom is -0.310 e. The Hall–Kier alpha value is -6.18. The molecule has 1 aliphatic rings. The summed E-state index contributed by atoms with van der Waals surface area (Å²) in [6.45, 7) is 4.71. The largest absolute Gasteiger partial charge is 0.310 e. The Labute approximate surface area is 294 Å². The Balaban J connectivity index is 1.25. The molecule has 238 valence electrons. The van der Waals surface area contributed by atoms with Gasteiger partial charge in [0.15, 0.2) is 0 Å². The quantitative estimate of drug-likeness (QED) is 0.175. The van der Waals surface area contributed by atoms with E-state index in [9.17, 15) is 0 Å². The molecule has 0 aromatic heterocycles. The fourth-order valence-electron chi connectivity index (χ4n) is 7.94. The van der Waals surface area contributed by atoms with Gasteiger partial charge >= 0.3 is 0 Å². The fraction of sp³-hybridized carbons (Fsp3) is 0.0612. The van der Waals surface area contributed by atoms with Crippen molar-refractivity contribution in [2.75, 3.05) is 4.90 Å². The molecule has 0 radical (unpaired) electrons. The van der Waals surface area contributed by atoms with E-state index < -0.39 is 0 Å². The molecule has 0 saturated carbocycles. The summed E-state index contributed by atoms with van der Waals surface area (Å²) in [5.74, 6) is 0. The van der Waals surface area contributed by atoms with Gasteiger partial charge in [0, 0.05) is 22.5 Å². The van der Waals surface area contributed by atoms with Gasteiger partial charge in [-0.25, -0.2) is 0 Å². The second-order valence-electron chi connectivity index (χ2n) is 13.8. The summed E-state index contributed by atoms with van der Waals surface area (Å²) in [6, 6.07) is 68.6. The molecule has 50 heavy (non-hydrogen) atoms. The lowest BCUT2D eigenvalue weighted by molar-refractivity contribution is 0.660. The summed E-state index contributed by atoms with van der Waals surface area (Å²) in [4.78, 5) is 2.42. The molecule has 0 atom stereocenters. The second-order valence-corrected chi connectivity index (χ2v) is 13.8. The molecule has 0 N–H and O–H groups in total. The van der Waals surface area contributed by atoms with E-state index in [4.69, 9.17) is 0 Å². The number of hydrogen-bond acceptors (Lipinski definition) is 1. The van der Waals surface area contributed by atoms with Crippen LogP contribution in [0.5, 0.6) is 0 Å². The van der Waals surface area contributed by atoms with E-state index in [1.807, 2.05) is 0 Å². The van der Waals surface area contributed by atoms with Gasteiger partial charge in [-0.3, -0.25) is 0 Å². The Kier molecular flexibility index (Phi) is 7.21. The van der Waals surface area contributed by atoms with Gasteiger partial charge in [-0.2, -0.15) is 0 Å². The lowest BCUT2D eigenvalue weighted by atomic mass is 9.82. The van der Waals surface area contributed by atoms with Gasteiger partial charge in [0.1, 0.15) is 0 Å².